The highest BCUT2D eigenvalue weighted by molar-refractivity contribution is 7.15. The molecule has 0 unspecified atom stereocenters. The highest BCUT2D eigenvalue weighted by Gasteiger charge is 2.30. The van der Waals surface area contributed by atoms with Crippen LogP contribution in [0.3, 0.4) is 0 Å². The molecule has 9 heteroatoms. The molecule has 0 atom stereocenters. The molecule has 1 fully saturated rings. The maximum atomic E-state index is 14.5. The lowest BCUT2D eigenvalue weighted by Crippen LogP contribution is -2.40. The van der Waals surface area contributed by atoms with Gasteiger partial charge in [-0.15, -0.1) is 11.3 Å². The Morgan fingerprint density at radius 2 is 1.94 bits per heavy atom. The van der Waals surface area contributed by atoms with E-state index in [1.54, 1.807) is 41.3 Å². The van der Waals surface area contributed by atoms with Crippen LogP contribution in [0, 0.1) is 18.7 Å². The smallest absolute Gasteiger partial charge is 0.274 e. The number of hydrogen-bond acceptors (Lipinski definition) is 6. The number of benzene rings is 2. The van der Waals surface area contributed by atoms with Crippen molar-refractivity contribution in [2.24, 2.45) is 5.92 Å². The lowest BCUT2D eigenvalue weighted by atomic mass is 10.1. The minimum atomic E-state index is -0.386. The second-order valence-electron chi connectivity index (χ2n) is 8.67. The zero-order chi connectivity index (χ0) is 24.4. The Hall–Kier alpha value is -3.46. The van der Waals surface area contributed by atoms with Crippen molar-refractivity contribution >= 4 is 23.2 Å². The fourth-order valence-corrected chi connectivity index (χ4v) is 5.03. The summed E-state index contributed by atoms with van der Waals surface area (Å²) in [4.78, 5) is 33.1. The van der Waals surface area contributed by atoms with Crippen LogP contribution in [-0.2, 0) is 0 Å². The summed E-state index contributed by atoms with van der Waals surface area (Å²) < 4.78 is 25.7. The molecule has 35 heavy (non-hydrogen) atoms. The van der Waals surface area contributed by atoms with Gasteiger partial charge in [-0.25, -0.2) is 9.37 Å². The van der Waals surface area contributed by atoms with Crippen LogP contribution < -0.4 is 14.8 Å². The molecule has 3 aromatic rings. The molecule has 0 bridgehead atoms. The molecule has 0 radical (unpaired) electrons. The number of aromatic nitrogens is 1. The van der Waals surface area contributed by atoms with Crippen molar-refractivity contribution in [1.82, 2.24) is 15.2 Å². The SMILES string of the molecule is Cc1nc(C(=O)N(CCNC(=O)c2cccc3c2OCCO3)CC2CC2)c(-c2ccccc2F)s1. The lowest BCUT2D eigenvalue weighted by molar-refractivity contribution is 0.0736. The van der Waals surface area contributed by atoms with Gasteiger partial charge in [0.1, 0.15) is 24.7 Å². The first-order valence-corrected chi connectivity index (χ1v) is 12.5. The van der Waals surface area contributed by atoms with Crippen molar-refractivity contribution in [3.8, 4) is 21.9 Å². The monoisotopic (exact) mass is 495 g/mol. The minimum absolute atomic E-state index is 0.248. The molecule has 2 aromatic carbocycles. The third-order valence-corrected chi connectivity index (χ3v) is 7.00. The predicted molar refractivity (Wildman–Crippen MR) is 131 cm³/mol. The third kappa shape index (κ3) is 5.14. The molecule has 7 nitrogen and oxygen atoms in total. The molecule has 0 saturated heterocycles. The first kappa shape index (κ1) is 23.3. The topological polar surface area (TPSA) is 80.8 Å². The average molecular weight is 496 g/mol. The molecule has 2 heterocycles. The van der Waals surface area contributed by atoms with E-state index in [1.165, 1.54) is 17.4 Å². The highest BCUT2D eigenvalue weighted by atomic mass is 32.1. The van der Waals surface area contributed by atoms with Gasteiger partial charge in [-0.2, -0.15) is 0 Å². The van der Waals surface area contributed by atoms with Gasteiger partial charge in [0, 0.05) is 25.2 Å². The van der Waals surface area contributed by atoms with Gasteiger partial charge in [-0.05, 0) is 43.9 Å². The van der Waals surface area contributed by atoms with Gasteiger partial charge in [-0.1, -0.05) is 24.3 Å². The summed E-state index contributed by atoms with van der Waals surface area (Å²) >= 11 is 1.31. The first-order chi connectivity index (χ1) is 17.0. The normalized spacial score (nSPS) is 14.5. The van der Waals surface area contributed by atoms with Crippen LogP contribution >= 0.6 is 11.3 Å². The van der Waals surface area contributed by atoms with E-state index >= 15 is 0 Å². The summed E-state index contributed by atoms with van der Waals surface area (Å²) in [6.45, 7) is 3.81. The molecule has 1 aliphatic heterocycles. The number of amides is 2. The number of halogens is 1. The molecular weight excluding hydrogens is 469 g/mol. The quantitative estimate of drug-likeness (QED) is 0.504. The Kier molecular flexibility index (Phi) is 6.68. The van der Waals surface area contributed by atoms with Crippen LogP contribution in [0.1, 0.15) is 38.7 Å². The van der Waals surface area contributed by atoms with Gasteiger partial charge >= 0.3 is 0 Å². The Labute approximate surface area is 206 Å². The standard InChI is InChI=1S/C26H26FN3O4S/c1-16-29-22(24(35-16)18-5-2-3-7-20(18)27)26(32)30(15-17-9-10-17)12-11-28-25(31)19-6-4-8-21-23(19)34-14-13-33-21/h2-8,17H,9-15H2,1H3,(H,28,31). The maximum absolute atomic E-state index is 14.5. The number of hydrogen-bond donors (Lipinski definition) is 1. The van der Waals surface area contributed by atoms with Crippen molar-refractivity contribution in [2.75, 3.05) is 32.8 Å². The largest absolute Gasteiger partial charge is 0.486 e. The molecule has 2 amide bonds. The van der Waals surface area contributed by atoms with Gasteiger partial charge in [0.25, 0.3) is 11.8 Å². The summed E-state index contributed by atoms with van der Waals surface area (Å²) in [5, 5.41) is 3.59. The summed E-state index contributed by atoms with van der Waals surface area (Å²) in [6.07, 6.45) is 2.14. The van der Waals surface area contributed by atoms with Gasteiger partial charge in [-0.3, -0.25) is 9.59 Å². The number of nitrogens with one attached hydrogen (secondary N) is 1. The van der Waals surface area contributed by atoms with E-state index in [4.69, 9.17) is 9.47 Å². The Balaban J connectivity index is 1.31. The van der Waals surface area contributed by atoms with E-state index in [1.807, 2.05) is 6.92 Å². The molecule has 1 N–H and O–H groups in total. The summed E-state index contributed by atoms with van der Waals surface area (Å²) in [6, 6.07) is 11.6. The molecule has 1 saturated carbocycles. The van der Waals surface area contributed by atoms with Gasteiger partial charge in [0.2, 0.25) is 0 Å². The zero-order valence-corrected chi connectivity index (χ0v) is 20.2. The van der Waals surface area contributed by atoms with Crippen molar-refractivity contribution in [3.05, 3.63) is 64.5 Å². The van der Waals surface area contributed by atoms with Gasteiger partial charge < -0.3 is 19.7 Å². The number of carbonyl (C=O) groups excluding carboxylic acids is 2. The van der Waals surface area contributed by atoms with Crippen LogP contribution in [0.4, 0.5) is 4.39 Å². The lowest BCUT2D eigenvalue weighted by Gasteiger charge is -2.23. The fourth-order valence-electron chi connectivity index (χ4n) is 4.09. The minimum Gasteiger partial charge on any atom is -0.486 e. The second kappa shape index (κ2) is 10.0. The first-order valence-electron chi connectivity index (χ1n) is 11.7. The van der Waals surface area contributed by atoms with Crippen LogP contribution in [0.5, 0.6) is 11.5 Å². The number of thiazole rings is 1. The predicted octanol–water partition coefficient (Wildman–Crippen LogP) is 4.31. The molecule has 1 aliphatic carbocycles. The van der Waals surface area contributed by atoms with E-state index in [2.05, 4.69) is 10.3 Å². The number of nitrogens with zero attached hydrogens (tertiary/aromatic N) is 2. The molecule has 2 aliphatic rings. The summed E-state index contributed by atoms with van der Waals surface area (Å²) in [7, 11) is 0. The zero-order valence-electron chi connectivity index (χ0n) is 19.4. The van der Waals surface area contributed by atoms with Crippen molar-refractivity contribution in [3.63, 3.8) is 0 Å². The molecule has 1 aromatic heterocycles. The molecule has 182 valence electrons. The van der Waals surface area contributed by atoms with E-state index in [0.717, 1.165) is 12.8 Å². The number of fused-ring (bicyclic) bond motifs is 1. The molecule has 0 spiro atoms. The number of ether oxygens (including phenoxy) is 2. The number of carbonyl (C=O) groups is 2. The molecular formula is C26H26FN3O4S. The van der Waals surface area contributed by atoms with Crippen molar-refractivity contribution < 1.29 is 23.5 Å². The van der Waals surface area contributed by atoms with E-state index in [9.17, 15) is 14.0 Å². The number of para-hydroxylation sites is 1. The van der Waals surface area contributed by atoms with Gasteiger partial charge in [0.05, 0.1) is 15.4 Å². The number of aryl methyl sites for hydroxylation is 1. The van der Waals surface area contributed by atoms with Gasteiger partial charge in [0.15, 0.2) is 11.5 Å². The highest BCUT2D eigenvalue weighted by Crippen LogP contribution is 2.35. The summed E-state index contributed by atoms with van der Waals surface area (Å²) in [5.41, 5.74) is 1.03. The summed E-state index contributed by atoms with van der Waals surface area (Å²) in [5.74, 6) is 0.510. The van der Waals surface area contributed by atoms with Crippen LogP contribution in [0.2, 0.25) is 0 Å². The van der Waals surface area contributed by atoms with Crippen LogP contribution in [-0.4, -0.2) is 54.5 Å². The third-order valence-electron chi connectivity index (χ3n) is 6.00. The molecule has 5 rings (SSSR count). The maximum Gasteiger partial charge on any atom is 0.274 e. The van der Waals surface area contributed by atoms with Crippen LogP contribution in [0.15, 0.2) is 42.5 Å². The Morgan fingerprint density at radius 1 is 1.14 bits per heavy atom. The van der Waals surface area contributed by atoms with Crippen molar-refractivity contribution in [2.45, 2.75) is 19.8 Å². The number of rotatable bonds is 8. The average Bonchev–Trinajstić information content (AvgIpc) is 3.61. The van der Waals surface area contributed by atoms with Crippen molar-refractivity contribution in [1.29, 1.82) is 0 Å². The van der Waals surface area contributed by atoms with E-state index in [-0.39, 0.29) is 29.9 Å². The Morgan fingerprint density at radius 3 is 2.74 bits per heavy atom. The Bertz CT molecular complexity index is 1260. The van der Waals surface area contributed by atoms with Crippen LogP contribution in [0.25, 0.3) is 10.4 Å². The van der Waals surface area contributed by atoms with E-state index < -0.39 is 0 Å². The second-order valence-corrected chi connectivity index (χ2v) is 9.87. The fraction of sp³-hybridized carbons (Fsp3) is 0.346. The van der Waals surface area contributed by atoms with E-state index in [0.29, 0.717) is 64.7 Å².